The van der Waals surface area contributed by atoms with E-state index < -0.39 is 0 Å². The predicted octanol–water partition coefficient (Wildman–Crippen LogP) is 3.41. The van der Waals surface area contributed by atoms with Crippen molar-refractivity contribution in [1.82, 2.24) is 14.8 Å². The number of amides is 1. The number of aryl methyl sites for hydroxylation is 1. The lowest BCUT2D eigenvalue weighted by Crippen LogP contribution is -2.47. The van der Waals surface area contributed by atoms with Crippen LogP contribution in [-0.2, 0) is 0 Å². The minimum Gasteiger partial charge on any atom is -0.462 e. The van der Waals surface area contributed by atoms with Gasteiger partial charge in [-0.15, -0.1) is 11.3 Å². The summed E-state index contributed by atoms with van der Waals surface area (Å²) >= 11 is 1.53. The molecular weight excluding hydrogens is 322 g/mol. The minimum atomic E-state index is 0.0874. The Morgan fingerprint density at radius 3 is 2.79 bits per heavy atom. The maximum Gasteiger partial charge on any atom is 0.273 e. The van der Waals surface area contributed by atoms with Crippen molar-refractivity contribution in [2.75, 3.05) is 20.1 Å². The second-order valence-electron chi connectivity index (χ2n) is 6.80. The number of likely N-dealkylation sites (N-methyl/N-ethyl adjacent to an activating group) is 1. The molecule has 0 saturated carbocycles. The zero-order chi connectivity index (χ0) is 16.7. The van der Waals surface area contributed by atoms with E-state index in [1.165, 1.54) is 24.2 Å². The number of hydrogen-bond donors (Lipinski definition) is 0. The van der Waals surface area contributed by atoms with E-state index in [-0.39, 0.29) is 5.91 Å². The van der Waals surface area contributed by atoms with E-state index in [4.69, 9.17) is 4.42 Å². The number of likely N-dealkylation sites (tertiary alicyclic amines) is 2. The van der Waals surface area contributed by atoms with E-state index in [2.05, 4.69) is 21.8 Å². The Morgan fingerprint density at radius 2 is 2.08 bits per heavy atom. The molecule has 6 heteroatoms. The maximum absolute atomic E-state index is 13.1. The van der Waals surface area contributed by atoms with Crippen molar-refractivity contribution in [3.63, 3.8) is 0 Å². The third-order valence-corrected chi connectivity index (χ3v) is 6.30. The summed E-state index contributed by atoms with van der Waals surface area (Å²) in [6.07, 6.45) is 6.26. The molecule has 0 aliphatic carbocycles. The third-order valence-electron chi connectivity index (χ3n) is 5.31. The molecular formula is C18H23N3O2S. The fourth-order valence-corrected chi connectivity index (χ4v) is 4.98. The van der Waals surface area contributed by atoms with E-state index in [0.717, 1.165) is 41.6 Å². The summed E-state index contributed by atoms with van der Waals surface area (Å²) in [6.45, 7) is 3.96. The molecule has 5 nitrogen and oxygen atoms in total. The lowest BCUT2D eigenvalue weighted by molar-refractivity contribution is 0.0658. The zero-order valence-corrected chi connectivity index (χ0v) is 15.0. The zero-order valence-electron chi connectivity index (χ0n) is 14.2. The van der Waals surface area contributed by atoms with Crippen LogP contribution in [0.1, 0.15) is 41.0 Å². The molecule has 0 spiro atoms. The second kappa shape index (κ2) is 6.33. The predicted molar refractivity (Wildman–Crippen MR) is 94.3 cm³/mol. The van der Waals surface area contributed by atoms with E-state index in [9.17, 15) is 4.79 Å². The smallest absolute Gasteiger partial charge is 0.273 e. The van der Waals surface area contributed by atoms with Crippen LogP contribution in [0.3, 0.4) is 0 Å². The Morgan fingerprint density at radius 1 is 1.29 bits per heavy atom. The number of hydrogen-bond acceptors (Lipinski definition) is 5. The molecule has 0 N–H and O–H groups in total. The third kappa shape index (κ3) is 2.67. The van der Waals surface area contributed by atoms with Gasteiger partial charge in [-0.05, 0) is 58.3 Å². The number of furan rings is 1. The molecule has 2 aliphatic rings. The van der Waals surface area contributed by atoms with Gasteiger partial charge in [0.25, 0.3) is 5.91 Å². The topological polar surface area (TPSA) is 49.6 Å². The number of rotatable bonds is 3. The fraction of sp³-hybridized carbons (Fsp3) is 0.556. The summed E-state index contributed by atoms with van der Waals surface area (Å²) < 4.78 is 5.43. The molecule has 2 aromatic rings. The van der Waals surface area contributed by atoms with Crippen molar-refractivity contribution in [2.24, 2.45) is 0 Å². The molecule has 0 unspecified atom stereocenters. The van der Waals surface area contributed by atoms with Gasteiger partial charge >= 0.3 is 0 Å². The van der Waals surface area contributed by atoms with E-state index in [1.807, 2.05) is 19.1 Å². The van der Waals surface area contributed by atoms with Gasteiger partial charge in [0.2, 0.25) is 0 Å². The normalized spacial score (nSPS) is 24.8. The van der Waals surface area contributed by atoms with Crippen molar-refractivity contribution < 1.29 is 9.21 Å². The van der Waals surface area contributed by atoms with Crippen molar-refractivity contribution in [3.05, 3.63) is 29.0 Å². The van der Waals surface area contributed by atoms with Crippen LogP contribution in [0.25, 0.3) is 10.8 Å². The minimum absolute atomic E-state index is 0.0874. The first-order chi connectivity index (χ1) is 11.6. The van der Waals surface area contributed by atoms with Gasteiger partial charge in [-0.2, -0.15) is 0 Å². The first kappa shape index (κ1) is 15.8. The molecule has 4 heterocycles. The molecule has 4 rings (SSSR count). The van der Waals surface area contributed by atoms with Gasteiger partial charge in [0.1, 0.15) is 5.69 Å². The Bertz CT molecular complexity index is 725. The number of carbonyl (C=O) groups excluding carboxylic acids is 1. The Labute approximate surface area is 146 Å². The van der Waals surface area contributed by atoms with Gasteiger partial charge in [0, 0.05) is 23.5 Å². The molecule has 2 aromatic heterocycles. The highest BCUT2D eigenvalue weighted by Crippen LogP contribution is 2.33. The summed E-state index contributed by atoms with van der Waals surface area (Å²) in [6, 6.07) is 4.57. The average Bonchev–Trinajstić information content (AvgIpc) is 3.33. The van der Waals surface area contributed by atoms with Gasteiger partial charge in [-0.3, -0.25) is 4.79 Å². The maximum atomic E-state index is 13.1. The monoisotopic (exact) mass is 345 g/mol. The SMILES string of the molecule is Cc1sc(-c2ccco2)nc1C(=O)N1CCC[C@H]1[C@H]1CCCN1C. The lowest BCUT2D eigenvalue weighted by atomic mass is 10.0. The highest BCUT2D eigenvalue weighted by Gasteiger charge is 2.39. The first-order valence-electron chi connectivity index (χ1n) is 8.67. The molecule has 128 valence electrons. The summed E-state index contributed by atoms with van der Waals surface area (Å²) in [5, 5.41) is 0.787. The summed E-state index contributed by atoms with van der Waals surface area (Å²) in [7, 11) is 2.18. The Kier molecular flexibility index (Phi) is 4.18. The van der Waals surface area contributed by atoms with E-state index in [0.29, 0.717) is 17.8 Å². The summed E-state index contributed by atoms with van der Waals surface area (Å²) in [4.78, 5) is 23.2. The van der Waals surface area contributed by atoms with Crippen molar-refractivity contribution in [1.29, 1.82) is 0 Å². The van der Waals surface area contributed by atoms with Crippen LogP contribution in [0, 0.1) is 6.92 Å². The van der Waals surface area contributed by atoms with Crippen molar-refractivity contribution in [3.8, 4) is 10.8 Å². The Balaban J connectivity index is 1.59. The average molecular weight is 345 g/mol. The van der Waals surface area contributed by atoms with Crippen LogP contribution in [-0.4, -0.2) is 52.9 Å². The van der Waals surface area contributed by atoms with Crippen LogP contribution in [0.4, 0.5) is 0 Å². The standard InChI is InChI=1S/C18H23N3O2S/c1-12-16(19-17(24-12)15-8-5-11-23-15)18(22)21-10-4-7-14(21)13-6-3-9-20(13)2/h5,8,11,13-14H,3-4,6-7,9-10H2,1-2H3/t13-,14+/m1/s1. The molecule has 2 saturated heterocycles. The van der Waals surface area contributed by atoms with Gasteiger partial charge < -0.3 is 14.2 Å². The summed E-state index contributed by atoms with van der Waals surface area (Å²) in [5.74, 6) is 0.819. The second-order valence-corrected chi connectivity index (χ2v) is 8.00. The van der Waals surface area contributed by atoms with Crippen LogP contribution in [0.15, 0.2) is 22.8 Å². The molecule has 2 aliphatic heterocycles. The molecule has 0 aromatic carbocycles. The molecule has 2 fully saturated rings. The van der Waals surface area contributed by atoms with E-state index >= 15 is 0 Å². The van der Waals surface area contributed by atoms with Gasteiger partial charge in [0.15, 0.2) is 10.8 Å². The fourth-order valence-electron chi connectivity index (χ4n) is 4.10. The van der Waals surface area contributed by atoms with Crippen LogP contribution in [0.5, 0.6) is 0 Å². The molecule has 24 heavy (non-hydrogen) atoms. The number of carbonyl (C=O) groups is 1. The van der Waals surface area contributed by atoms with Crippen LogP contribution >= 0.6 is 11.3 Å². The Hall–Kier alpha value is -1.66. The lowest BCUT2D eigenvalue weighted by Gasteiger charge is -2.33. The van der Waals surface area contributed by atoms with E-state index in [1.54, 1.807) is 6.26 Å². The highest BCUT2D eigenvalue weighted by molar-refractivity contribution is 7.15. The molecule has 0 bridgehead atoms. The number of nitrogens with zero attached hydrogens (tertiary/aromatic N) is 3. The van der Waals surface area contributed by atoms with Crippen molar-refractivity contribution >= 4 is 17.2 Å². The number of aromatic nitrogens is 1. The molecule has 1 amide bonds. The van der Waals surface area contributed by atoms with Crippen LogP contribution < -0.4 is 0 Å². The summed E-state index contributed by atoms with van der Waals surface area (Å²) in [5.41, 5.74) is 0.596. The van der Waals surface area contributed by atoms with Gasteiger partial charge in [-0.25, -0.2) is 4.98 Å². The quantitative estimate of drug-likeness (QED) is 0.855. The largest absolute Gasteiger partial charge is 0.462 e. The van der Waals surface area contributed by atoms with Crippen molar-refractivity contribution in [2.45, 2.75) is 44.7 Å². The van der Waals surface area contributed by atoms with Gasteiger partial charge in [0.05, 0.1) is 6.26 Å². The molecule has 0 radical (unpaired) electrons. The van der Waals surface area contributed by atoms with Gasteiger partial charge in [-0.1, -0.05) is 0 Å². The molecule has 2 atom stereocenters. The highest BCUT2D eigenvalue weighted by atomic mass is 32.1. The van der Waals surface area contributed by atoms with Crippen LogP contribution in [0.2, 0.25) is 0 Å². The first-order valence-corrected chi connectivity index (χ1v) is 9.49. The number of thiazole rings is 1.